The number of rotatable bonds is 4. The summed E-state index contributed by atoms with van der Waals surface area (Å²) in [7, 11) is 1.75. The minimum Gasteiger partial charge on any atom is -0.369 e. The van der Waals surface area contributed by atoms with Crippen LogP contribution in [0.3, 0.4) is 0 Å². The minimum atomic E-state index is -1.52. The lowest BCUT2D eigenvalue weighted by atomic mass is 10.0. The first-order valence-corrected chi connectivity index (χ1v) is 9.82. The molecule has 0 spiro atoms. The fourth-order valence-corrected chi connectivity index (χ4v) is 3.74. The maximum absolute atomic E-state index is 14.6. The van der Waals surface area contributed by atoms with Crippen molar-refractivity contribution in [1.29, 1.82) is 0 Å². The van der Waals surface area contributed by atoms with Crippen LogP contribution in [-0.2, 0) is 7.05 Å². The molecule has 1 aliphatic rings. The molecule has 5 nitrogen and oxygen atoms in total. The Morgan fingerprint density at radius 2 is 1.81 bits per heavy atom. The lowest BCUT2D eigenvalue weighted by Gasteiger charge is -2.34. The number of aromatic nitrogens is 2. The lowest BCUT2D eigenvalue weighted by molar-refractivity contribution is 0.0929. The van der Waals surface area contributed by atoms with Gasteiger partial charge in [0.1, 0.15) is 5.82 Å². The maximum atomic E-state index is 14.6. The van der Waals surface area contributed by atoms with Crippen molar-refractivity contribution < 1.29 is 22.4 Å². The van der Waals surface area contributed by atoms with Gasteiger partial charge in [0.2, 0.25) is 0 Å². The molecule has 9 heteroatoms. The largest absolute Gasteiger partial charge is 0.369 e. The van der Waals surface area contributed by atoms with Crippen LogP contribution in [0.5, 0.6) is 0 Å². The summed E-state index contributed by atoms with van der Waals surface area (Å²) in [6.07, 6.45) is 3.01. The highest BCUT2D eigenvalue weighted by Crippen LogP contribution is 2.25. The molecule has 1 N–H and O–H groups in total. The summed E-state index contributed by atoms with van der Waals surface area (Å²) in [4.78, 5) is 14.3. The summed E-state index contributed by atoms with van der Waals surface area (Å²) < 4.78 is 56.5. The Kier molecular flexibility index (Phi) is 5.67. The van der Waals surface area contributed by atoms with Crippen molar-refractivity contribution in [2.75, 3.05) is 18.0 Å². The van der Waals surface area contributed by atoms with Crippen LogP contribution in [0.15, 0.2) is 42.6 Å². The Morgan fingerprint density at radius 3 is 2.45 bits per heavy atom. The van der Waals surface area contributed by atoms with Crippen LogP contribution in [0.2, 0.25) is 0 Å². The van der Waals surface area contributed by atoms with Gasteiger partial charge in [-0.15, -0.1) is 0 Å². The molecule has 0 saturated carbocycles. The van der Waals surface area contributed by atoms with Crippen LogP contribution in [0.1, 0.15) is 23.2 Å². The SMILES string of the molecule is Cn1ccc(-c2ccc(C(=O)NC3CCCN(c4cc(F)c(F)c(F)c4)C3)c(F)c2)n1. The number of halogens is 4. The van der Waals surface area contributed by atoms with Crippen molar-refractivity contribution >= 4 is 11.6 Å². The number of benzene rings is 2. The monoisotopic (exact) mass is 432 g/mol. The molecular weight excluding hydrogens is 412 g/mol. The van der Waals surface area contributed by atoms with Crippen LogP contribution >= 0.6 is 0 Å². The van der Waals surface area contributed by atoms with Gasteiger partial charge in [0.05, 0.1) is 11.3 Å². The topological polar surface area (TPSA) is 50.2 Å². The van der Waals surface area contributed by atoms with Crippen LogP contribution in [0, 0.1) is 23.3 Å². The molecule has 1 aliphatic heterocycles. The Morgan fingerprint density at radius 1 is 1.06 bits per heavy atom. The van der Waals surface area contributed by atoms with Crippen molar-refractivity contribution in [1.82, 2.24) is 15.1 Å². The average molecular weight is 432 g/mol. The zero-order valence-corrected chi connectivity index (χ0v) is 16.7. The van der Waals surface area contributed by atoms with E-state index in [1.54, 1.807) is 35.0 Å². The van der Waals surface area contributed by atoms with Gasteiger partial charge in [0, 0.05) is 55.8 Å². The third-order valence-electron chi connectivity index (χ3n) is 5.31. The van der Waals surface area contributed by atoms with E-state index in [0.29, 0.717) is 30.6 Å². The van der Waals surface area contributed by atoms with E-state index in [2.05, 4.69) is 10.4 Å². The maximum Gasteiger partial charge on any atom is 0.254 e. The van der Waals surface area contributed by atoms with Gasteiger partial charge >= 0.3 is 0 Å². The molecule has 0 bridgehead atoms. The summed E-state index contributed by atoms with van der Waals surface area (Å²) in [5.74, 6) is -5.30. The molecule has 4 rings (SSSR count). The summed E-state index contributed by atoms with van der Waals surface area (Å²) in [6.45, 7) is 0.772. The number of nitrogens with one attached hydrogen (secondary N) is 1. The first-order chi connectivity index (χ1) is 14.8. The van der Waals surface area contributed by atoms with E-state index in [1.165, 1.54) is 12.1 Å². The zero-order valence-electron chi connectivity index (χ0n) is 16.7. The third kappa shape index (κ3) is 4.40. The fraction of sp³-hybridized carbons (Fsp3) is 0.273. The second-order valence-electron chi connectivity index (χ2n) is 7.55. The van der Waals surface area contributed by atoms with E-state index in [-0.39, 0.29) is 23.8 Å². The van der Waals surface area contributed by atoms with Gasteiger partial charge in [-0.2, -0.15) is 5.10 Å². The van der Waals surface area contributed by atoms with Crippen LogP contribution in [0.25, 0.3) is 11.3 Å². The molecule has 1 saturated heterocycles. The smallest absolute Gasteiger partial charge is 0.254 e. The minimum absolute atomic E-state index is 0.101. The standard InChI is InChI=1S/C22H20F4N4O/c1-29-8-6-20(28-29)13-4-5-16(17(23)9-13)22(31)27-14-3-2-7-30(12-14)15-10-18(24)21(26)19(25)11-15/h4-6,8-11,14H,2-3,7,12H2,1H3,(H,27,31). The molecule has 2 heterocycles. The Balaban J connectivity index is 1.46. The molecule has 2 aromatic carbocycles. The van der Waals surface area contributed by atoms with Gasteiger partial charge in [-0.25, -0.2) is 17.6 Å². The molecule has 0 aliphatic carbocycles. The molecule has 162 valence electrons. The van der Waals surface area contributed by atoms with Crippen LogP contribution in [-0.4, -0.2) is 34.8 Å². The number of amides is 1. The fourth-order valence-electron chi connectivity index (χ4n) is 3.74. The van der Waals surface area contributed by atoms with Crippen LogP contribution < -0.4 is 10.2 Å². The summed E-state index contributed by atoms with van der Waals surface area (Å²) in [6, 6.07) is 7.53. The highest BCUT2D eigenvalue weighted by molar-refractivity contribution is 5.95. The van der Waals surface area contributed by atoms with Gasteiger partial charge < -0.3 is 10.2 Å². The lowest BCUT2D eigenvalue weighted by Crippen LogP contribution is -2.48. The quantitative estimate of drug-likeness (QED) is 0.500. The second kappa shape index (κ2) is 8.41. The van der Waals surface area contributed by atoms with Gasteiger partial charge in [-0.3, -0.25) is 9.48 Å². The molecule has 0 radical (unpaired) electrons. The van der Waals surface area contributed by atoms with Gasteiger partial charge in [0.15, 0.2) is 17.5 Å². The molecule has 3 aromatic rings. The number of piperidine rings is 1. The molecule has 1 atom stereocenters. The summed E-state index contributed by atoms with van der Waals surface area (Å²) in [5.41, 5.74) is 1.24. The summed E-state index contributed by atoms with van der Waals surface area (Å²) >= 11 is 0. The van der Waals surface area contributed by atoms with E-state index in [4.69, 9.17) is 0 Å². The number of aryl methyl sites for hydroxylation is 1. The van der Waals surface area contributed by atoms with Gasteiger partial charge in [0.25, 0.3) is 5.91 Å². The predicted octanol–water partition coefficient (Wildman–Crippen LogP) is 4.04. The molecule has 1 unspecified atom stereocenters. The number of anilines is 1. The number of carbonyl (C=O) groups excluding carboxylic acids is 1. The highest BCUT2D eigenvalue weighted by atomic mass is 19.2. The Hall–Kier alpha value is -3.36. The van der Waals surface area contributed by atoms with Crippen molar-refractivity contribution in [3.63, 3.8) is 0 Å². The first kappa shape index (κ1) is 20.9. The summed E-state index contributed by atoms with van der Waals surface area (Å²) in [5, 5.41) is 6.99. The number of nitrogens with zero attached hydrogens (tertiary/aromatic N) is 3. The molecule has 1 amide bonds. The van der Waals surface area contributed by atoms with E-state index >= 15 is 0 Å². The number of hydrogen-bond donors (Lipinski definition) is 1. The van der Waals surface area contributed by atoms with Crippen molar-refractivity contribution in [3.8, 4) is 11.3 Å². The van der Waals surface area contributed by atoms with E-state index < -0.39 is 29.2 Å². The predicted molar refractivity (Wildman–Crippen MR) is 108 cm³/mol. The number of carbonyl (C=O) groups is 1. The second-order valence-corrected chi connectivity index (χ2v) is 7.55. The first-order valence-electron chi connectivity index (χ1n) is 9.82. The molecular formula is C22H20F4N4O. The van der Waals surface area contributed by atoms with Crippen molar-refractivity contribution in [3.05, 3.63) is 71.4 Å². The van der Waals surface area contributed by atoms with E-state index in [0.717, 1.165) is 12.1 Å². The van der Waals surface area contributed by atoms with Crippen molar-refractivity contribution in [2.24, 2.45) is 7.05 Å². The van der Waals surface area contributed by atoms with Crippen LogP contribution in [0.4, 0.5) is 23.2 Å². The normalized spacial score (nSPS) is 16.4. The highest BCUT2D eigenvalue weighted by Gasteiger charge is 2.25. The average Bonchev–Trinajstić information content (AvgIpc) is 3.18. The van der Waals surface area contributed by atoms with E-state index in [9.17, 15) is 22.4 Å². The van der Waals surface area contributed by atoms with Gasteiger partial charge in [-0.05, 0) is 31.0 Å². The van der Waals surface area contributed by atoms with Crippen molar-refractivity contribution in [2.45, 2.75) is 18.9 Å². The zero-order chi connectivity index (χ0) is 22.1. The third-order valence-corrected chi connectivity index (χ3v) is 5.31. The Labute approximate surface area is 176 Å². The molecule has 1 aromatic heterocycles. The number of hydrogen-bond acceptors (Lipinski definition) is 3. The van der Waals surface area contributed by atoms with E-state index in [1.807, 2.05) is 0 Å². The molecule has 31 heavy (non-hydrogen) atoms. The molecule has 1 fully saturated rings. The Bertz CT molecular complexity index is 1110. The van der Waals surface area contributed by atoms with Gasteiger partial charge in [-0.1, -0.05) is 6.07 Å².